The summed E-state index contributed by atoms with van der Waals surface area (Å²) in [6.07, 6.45) is 10.7. The van der Waals surface area contributed by atoms with Gasteiger partial charge in [0.25, 0.3) is 0 Å². The van der Waals surface area contributed by atoms with Crippen molar-refractivity contribution < 1.29 is 14.6 Å². The van der Waals surface area contributed by atoms with Crippen LogP contribution in [-0.2, 0) is 4.74 Å². The van der Waals surface area contributed by atoms with Gasteiger partial charge in [-0.1, -0.05) is 94.8 Å². The van der Waals surface area contributed by atoms with Crippen LogP contribution < -0.4 is 0 Å². The van der Waals surface area contributed by atoms with Crippen LogP contribution in [0.3, 0.4) is 0 Å². The van der Waals surface area contributed by atoms with E-state index in [-0.39, 0.29) is 28.3 Å². The molecule has 0 bridgehead atoms. The van der Waals surface area contributed by atoms with E-state index in [1.54, 1.807) is 16.7 Å². The van der Waals surface area contributed by atoms with Gasteiger partial charge in [-0.3, -0.25) is 0 Å². The fourth-order valence-electron chi connectivity index (χ4n) is 9.87. The van der Waals surface area contributed by atoms with E-state index >= 15 is 0 Å². The molecule has 4 aliphatic rings. The van der Waals surface area contributed by atoms with Crippen molar-refractivity contribution >= 4 is 5.97 Å². The van der Waals surface area contributed by atoms with Crippen molar-refractivity contribution in [3.8, 4) is 0 Å². The number of esters is 1. The summed E-state index contributed by atoms with van der Waals surface area (Å²) in [5.74, 6) is 1.33. The van der Waals surface area contributed by atoms with E-state index in [0.29, 0.717) is 23.3 Å². The molecular formula is C38H48O3. The van der Waals surface area contributed by atoms with Gasteiger partial charge in [0, 0.05) is 5.41 Å². The van der Waals surface area contributed by atoms with Crippen LogP contribution in [0.1, 0.15) is 108 Å². The number of carbonyl (C=O) groups is 1. The molecule has 1 N–H and O–H groups in total. The smallest absolute Gasteiger partial charge is 0.338 e. The summed E-state index contributed by atoms with van der Waals surface area (Å²) >= 11 is 0. The second kappa shape index (κ2) is 10.6. The van der Waals surface area contributed by atoms with E-state index in [9.17, 15) is 9.90 Å². The first-order valence-corrected chi connectivity index (χ1v) is 16.0. The Morgan fingerprint density at radius 1 is 0.927 bits per heavy atom. The summed E-state index contributed by atoms with van der Waals surface area (Å²) in [5, 5.41) is 11.0. The van der Waals surface area contributed by atoms with Crippen molar-refractivity contribution in [1.82, 2.24) is 0 Å². The zero-order valence-electron chi connectivity index (χ0n) is 25.7. The number of ether oxygens (including phenoxy) is 1. The number of carbonyl (C=O) groups excluding carboxylic acids is 1. The zero-order chi connectivity index (χ0) is 29.0. The predicted octanol–water partition coefficient (Wildman–Crippen LogP) is 9.25. The van der Waals surface area contributed by atoms with Crippen molar-refractivity contribution in [3.63, 3.8) is 0 Å². The number of aliphatic hydroxyl groups excluding tert-OH is 1. The molecule has 1 fully saturated rings. The number of rotatable bonds is 6. The summed E-state index contributed by atoms with van der Waals surface area (Å²) in [7, 11) is 0. The third-order valence-electron chi connectivity index (χ3n) is 12.1. The molecule has 0 spiro atoms. The average Bonchev–Trinajstić information content (AvgIpc) is 3.33. The van der Waals surface area contributed by atoms with Gasteiger partial charge in [0.1, 0.15) is 6.10 Å². The van der Waals surface area contributed by atoms with E-state index < -0.39 is 6.10 Å². The highest BCUT2D eigenvalue weighted by atomic mass is 16.5. The van der Waals surface area contributed by atoms with Gasteiger partial charge in [0.2, 0.25) is 0 Å². The van der Waals surface area contributed by atoms with Gasteiger partial charge in [-0.15, -0.1) is 0 Å². The Morgan fingerprint density at radius 2 is 1.61 bits per heavy atom. The van der Waals surface area contributed by atoms with Crippen LogP contribution in [0.15, 0.2) is 83.5 Å². The lowest BCUT2D eigenvalue weighted by Gasteiger charge is -2.59. The lowest BCUT2D eigenvalue weighted by molar-refractivity contribution is -0.0993. The molecule has 0 amide bonds. The summed E-state index contributed by atoms with van der Waals surface area (Å²) < 4.78 is 6.23. The molecule has 1 saturated carbocycles. The van der Waals surface area contributed by atoms with Crippen LogP contribution in [0.5, 0.6) is 0 Å². The van der Waals surface area contributed by atoms with E-state index in [1.807, 2.05) is 60.7 Å². The van der Waals surface area contributed by atoms with Crippen LogP contribution in [0.4, 0.5) is 0 Å². The number of aliphatic hydroxyl groups is 1. The fourth-order valence-corrected chi connectivity index (χ4v) is 9.87. The van der Waals surface area contributed by atoms with Gasteiger partial charge in [-0.2, -0.15) is 0 Å². The first-order chi connectivity index (χ1) is 19.6. The SMILES string of the molecule is C[C@H](C[C@@H](O)c1ccccc1)[C@H]1CC=C2C3=C(CC[C@@]21C)[C@@]1(C)CC[C@H](OC(=O)c2ccccc2)C(C)(C)[C@@H]1CC3. The maximum Gasteiger partial charge on any atom is 0.338 e. The highest BCUT2D eigenvalue weighted by Gasteiger charge is 2.58. The highest BCUT2D eigenvalue weighted by molar-refractivity contribution is 5.89. The molecule has 218 valence electrons. The molecule has 41 heavy (non-hydrogen) atoms. The molecule has 7 atom stereocenters. The number of fused-ring (bicyclic) bond motifs is 4. The van der Waals surface area contributed by atoms with Gasteiger partial charge in [-0.05, 0) is 109 Å². The minimum absolute atomic E-state index is 0.0590. The number of hydrogen-bond acceptors (Lipinski definition) is 3. The minimum Gasteiger partial charge on any atom is -0.458 e. The summed E-state index contributed by atoms with van der Waals surface area (Å²) in [6.45, 7) is 12.1. The van der Waals surface area contributed by atoms with Gasteiger partial charge in [0.05, 0.1) is 11.7 Å². The summed E-state index contributed by atoms with van der Waals surface area (Å²) in [4.78, 5) is 13.0. The zero-order valence-corrected chi connectivity index (χ0v) is 25.7. The number of allylic oxidation sites excluding steroid dienone is 4. The lowest BCUT2D eigenvalue weighted by Crippen LogP contribution is -2.54. The second-order valence-electron chi connectivity index (χ2n) is 14.6. The van der Waals surface area contributed by atoms with Crippen LogP contribution in [-0.4, -0.2) is 17.2 Å². The molecule has 0 aliphatic heterocycles. The molecule has 0 aromatic heterocycles. The maximum absolute atomic E-state index is 13.0. The van der Waals surface area contributed by atoms with Crippen LogP contribution in [0.25, 0.3) is 0 Å². The maximum atomic E-state index is 13.0. The van der Waals surface area contributed by atoms with Gasteiger partial charge >= 0.3 is 5.97 Å². The number of hydrogen-bond donors (Lipinski definition) is 1. The molecule has 6 rings (SSSR count). The van der Waals surface area contributed by atoms with Gasteiger partial charge in [0.15, 0.2) is 0 Å². The summed E-state index contributed by atoms with van der Waals surface area (Å²) in [5.41, 5.74) is 6.93. The Kier molecular flexibility index (Phi) is 7.34. The van der Waals surface area contributed by atoms with Crippen LogP contribution in [0.2, 0.25) is 0 Å². The molecule has 3 heteroatoms. The van der Waals surface area contributed by atoms with Crippen molar-refractivity contribution in [1.29, 1.82) is 0 Å². The van der Waals surface area contributed by atoms with Crippen molar-refractivity contribution in [2.45, 2.75) is 98.2 Å². The molecule has 2 aromatic rings. The lowest BCUT2D eigenvalue weighted by atomic mass is 9.46. The Labute approximate surface area is 247 Å². The van der Waals surface area contributed by atoms with Crippen molar-refractivity contribution in [2.24, 2.45) is 34.0 Å². The van der Waals surface area contributed by atoms with Gasteiger partial charge in [-0.25, -0.2) is 4.79 Å². The fraction of sp³-hybridized carbons (Fsp3) is 0.553. The standard InChI is InChI=1S/C38H48O3/c1-25(24-32(39)26-12-8-6-9-13-26)29-17-18-30-28-16-19-33-36(2,3)34(41-35(40)27-14-10-7-11-15-27)21-23-38(33,5)31(28)20-22-37(29,30)4/h6-15,18,25,29,32-34,39H,16-17,19-24H2,1-5H3/t25-,29-,32-,33+,34+,37-,38-/m1/s1. The molecule has 4 aliphatic carbocycles. The monoisotopic (exact) mass is 552 g/mol. The highest BCUT2D eigenvalue weighted by Crippen LogP contribution is 2.67. The summed E-state index contributed by atoms with van der Waals surface area (Å²) in [6, 6.07) is 19.6. The van der Waals surface area contributed by atoms with E-state index in [0.717, 1.165) is 44.1 Å². The molecule has 0 saturated heterocycles. The van der Waals surface area contributed by atoms with Crippen molar-refractivity contribution in [3.05, 3.63) is 94.6 Å². The average molecular weight is 553 g/mol. The third kappa shape index (κ3) is 4.73. The first kappa shape index (κ1) is 28.5. The van der Waals surface area contributed by atoms with E-state index in [1.165, 1.54) is 12.8 Å². The molecule has 2 aromatic carbocycles. The third-order valence-corrected chi connectivity index (χ3v) is 12.1. The van der Waals surface area contributed by atoms with Crippen molar-refractivity contribution in [2.75, 3.05) is 0 Å². The molecule has 0 heterocycles. The van der Waals surface area contributed by atoms with Gasteiger partial charge < -0.3 is 9.84 Å². The van der Waals surface area contributed by atoms with Crippen LogP contribution >= 0.6 is 0 Å². The Bertz CT molecular complexity index is 1340. The quantitative estimate of drug-likeness (QED) is 0.363. The molecular weight excluding hydrogens is 504 g/mol. The molecule has 3 nitrogen and oxygen atoms in total. The number of benzene rings is 2. The topological polar surface area (TPSA) is 46.5 Å². The Hall–Kier alpha value is -2.65. The second-order valence-corrected chi connectivity index (χ2v) is 14.6. The van der Waals surface area contributed by atoms with Crippen LogP contribution in [0, 0.1) is 34.0 Å². The minimum atomic E-state index is -0.403. The Balaban J connectivity index is 1.20. The first-order valence-electron chi connectivity index (χ1n) is 16.0. The van der Waals surface area contributed by atoms with E-state index in [2.05, 4.69) is 40.7 Å². The molecule has 0 unspecified atom stereocenters. The van der Waals surface area contributed by atoms with E-state index in [4.69, 9.17) is 4.74 Å². The molecule has 0 radical (unpaired) electrons. The normalized spacial score (nSPS) is 33.6. The Morgan fingerprint density at radius 3 is 2.32 bits per heavy atom. The largest absolute Gasteiger partial charge is 0.458 e. The predicted molar refractivity (Wildman–Crippen MR) is 165 cm³/mol.